The second-order valence-corrected chi connectivity index (χ2v) is 4.36. The highest BCUT2D eigenvalue weighted by Gasteiger charge is 2.22. The monoisotopic (exact) mass is 294 g/mol. The molecule has 2 amide bonds. The quantitative estimate of drug-likeness (QED) is 0.390. The summed E-state index contributed by atoms with van der Waals surface area (Å²) < 4.78 is 0. The van der Waals surface area contributed by atoms with Gasteiger partial charge in [-0.3, -0.25) is 19.7 Å². The van der Waals surface area contributed by atoms with Gasteiger partial charge < -0.3 is 16.4 Å². The molecule has 0 fully saturated rings. The molecule has 0 unspecified atom stereocenters. The molecule has 114 valence electrons. The number of hydrogen-bond acceptors (Lipinski definition) is 5. The lowest BCUT2D eigenvalue weighted by Gasteiger charge is -2.07. The van der Waals surface area contributed by atoms with Gasteiger partial charge in [0.05, 0.1) is 4.92 Å². The summed E-state index contributed by atoms with van der Waals surface area (Å²) in [4.78, 5) is 33.5. The Morgan fingerprint density at radius 2 is 2.00 bits per heavy atom. The van der Waals surface area contributed by atoms with Gasteiger partial charge in [0, 0.05) is 19.5 Å². The van der Waals surface area contributed by atoms with E-state index < -0.39 is 16.5 Å². The minimum atomic E-state index is -0.696. The van der Waals surface area contributed by atoms with Gasteiger partial charge in [-0.1, -0.05) is 13.0 Å². The van der Waals surface area contributed by atoms with E-state index in [4.69, 9.17) is 5.73 Å². The lowest BCUT2D eigenvalue weighted by molar-refractivity contribution is -0.384. The molecule has 0 heterocycles. The van der Waals surface area contributed by atoms with E-state index in [9.17, 15) is 19.7 Å². The molecule has 0 atom stereocenters. The molecule has 0 aliphatic heterocycles. The third kappa shape index (κ3) is 4.75. The Morgan fingerprint density at radius 3 is 2.62 bits per heavy atom. The number of nitrogens with two attached hydrogens (primary N) is 1. The van der Waals surface area contributed by atoms with Gasteiger partial charge in [0.25, 0.3) is 5.91 Å². The highest BCUT2D eigenvalue weighted by atomic mass is 16.6. The summed E-state index contributed by atoms with van der Waals surface area (Å²) >= 11 is 0. The summed E-state index contributed by atoms with van der Waals surface area (Å²) in [7, 11) is 0. The molecule has 0 radical (unpaired) electrons. The standard InChI is InChI=1S/C13H18N4O4/c1-2-7-15-11(18)6-8-16-13(19)9-4-3-5-10(14)12(9)17(20)21/h3-5H,2,6-8,14H2,1H3,(H,15,18)(H,16,19). The highest BCUT2D eigenvalue weighted by Crippen LogP contribution is 2.25. The summed E-state index contributed by atoms with van der Waals surface area (Å²) in [6, 6.07) is 4.14. The van der Waals surface area contributed by atoms with Crippen molar-refractivity contribution < 1.29 is 14.5 Å². The van der Waals surface area contributed by atoms with Crippen molar-refractivity contribution >= 4 is 23.2 Å². The van der Waals surface area contributed by atoms with Crippen LogP contribution in [0.25, 0.3) is 0 Å². The Bertz CT molecular complexity index is 545. The molecule has 1 aromatic carbocycles. The number of anilines is 1. The summed E-state index contributed by atoms with van der Waals surface area (Å²) in [6.45, 7) is 2.61. The number of nitro groups is 1. The van der Waals surface area contributed by atoms with Crippen LogP contribution >= 0.6 is 0 Å². The largest absolute Gasteiger partial charge is 0.393 e. The molecule has 1 rings (SSSR count). The molecular formula is C13H18N4O4. The van der Waals surface area contributed by atoms with Gasteiger partial charge in [-0.2, -0.15) is 0 Å². The molecule has 8 heteroatoms. The normalized spacial score (nSPS) is 9.95. The first-order valence-corrected chi connectivity index (χ1v) is 6.55. The van der Waals surface area contributed by atoms with E-state index in [-0.39, 0.29) is 30.1 Å². The van der Waals surface area contributed by atoms with Crippen LogP contribution < -0.4 is 16.4 Å². The van der Waals surface area contributed by atoms with Crippen LogP contribution in [0.5, 0.6) is 0 Å². The molecule has 1 aromatic rings. The smallest absolute Gasteiger partial charge is 0.304 e. The highest BCUT2D eigenvalue weighted by molar-refractivity contribution is 6.00. The molecule has 0 spiro atoms. The first-order valence-electron chi connectivity index (χ1n) is 6.55. The van der Waals surface area contributed by atoms with E-state index in [2.05, 4.69) is 10.6 Å². The van der Waals surface area contributed by atoms with Crippen LogP contribution in [0.1, 0.15) is 30.1 Å². The van der Waals surface area contributed by atoms with Crippen molar-refractivity contribution in [2.45, 2.75) is 19.8 Å². The Balaban J connectivity index is 2.63. The first-order chi connectivity index (χ1) is 9.97. The predicted molar refractivity (Wildman–Crippen MR) is 77.8 cm³/mol. The maximum atomic E-state index is 11.9. The summed E-state index contributed by atoms with van der Waals surface area (Å²) in [5, 5.41) is 16.1. The van der Waals surface area contributed by atoms with Gasteiger partial charge in [-0.25, -0.2) is 0 Å². The molecule has 8 nitrogen and oxygen atoms in total. The van der Waals surface area contributed by atoms with Crippen LogP contribution in [0.2, 0.25) is 0 Å². The number of nitrogens with zero attached hydrogens (tertiary/aromatic N) is 1. The fraction of sp³-hybridized carbons (Fsp3) is 0.385. The van der Waals surface area contributed by atoms with Crippen molar-refractivity contribution in [3.8, 4) is 0 Å². The second kappa shape index (κ2) is 7.83. The molecule has 0 aromatic heterocycles. The minimum Gasteiger partial charge on any atom is -0.393 e. The average molecular weight is 294 g/mol. The predicted octanol–water partition coefficient (Wildman–Crippen LogP) is 0.823. The molecule has 0 aliphatic rings. The number of benzene rings is 1. The maximum Gasteiger partial charge on any atom is 0.304 e. The minimum absolute atomic E-state index is 0.0756. The van der Waals surface area contributed by atoms with Gasteiger partial charge in [-0.15, -0.1) is 0 Å². The summed E-state index contributed by atoms with van der Waals surface area (Å²) in [5.74, 6) is -0.809. The van der Waals surface area contributed by atoms with Gasteiger partial charge in [0.2, 0.25) is 5.91 Å². The molecule has 0 aliphatic carbocycles. The Morgan fingerprint density at radius 1 is 1.29 bits per heavy atom. The topological polar surface area (TPSA) is 127 Å². The third-order valence-electron chi connectivity index (χ3n) is 2.70. The van der Waals surface area contributed by atoms with Gasteiger partial charge >= 0.3 is 5.69 Å². The fourth-order valence-corrected chi connectivity index (χ4v) is 1.69. The van der Waals surface area contributed by atoms with Gasteiger partial charge in [-0.05, 0) is 18.6 Å². The van der Waals surface area contributed by atoms with E-state index in [0.717, 1.165) is 6.42 Å². The number of rotatable bonds is 7. The first kappa shape index (κ1) is 16.4. The average Bonchev–Trinajstić information content (AvgIpc) is 2.44. The van der Waals surface area contributed by atoms with E-state index in [1.807, 2.05) is 6.92 Å². The number of nitrogen functional groups attached to an aromatic ring is 1. The van der Waals surface area contributed by atoms with Crippen molar-refractivity contribution in [1.82, 2.24) is 10.6 Å². The molecular weight excluding hydrogens is 276 g/mol. The number of carbonyl (C=O) groups excluding carboxylic acids is 2. The van der Waals surface area contributed by atoms with Crippen molar-refractivity contribution in [3.63, 3.8) is 0 Å². The van der Waals surface area contributed by atoms with Crippen molar-refractivity contribution in [2.75, 3.05) is 18.8 Å². The van der Waals surface area contributed by atoms with Crippen LogP contribution in [0.4, 0.5) is 11.4 Å². The van der Waals surface area contributed by atoms with Crippen LogP contribution in [0, 0.1) is 10.1 Å². The van der Waals surface area contributed by atoms with E-state index in [0.29, 0.717) is 6.54 Å². The number of amides is 2. The van der Waals surface area contributed by atoms with Crippen molar-refractivity contribution in [2.24, 2.45) is 0 Å². The lowest BCUT2D eigenvalue weighted by atomic mass is 10.1. The SMILES string of the molecule is CCCNC(=O)CCNC(=O)c1cccc(N)c1[N+](=O)[O-]. The summed E-state index contributed by atoms with van der Waals surface area (Å²) in [5.41, 5.74) is 4.89. The Hall–Kier alpha value is -2.64. The Labute approximate surface area is 121 Å². The van der Waals surface area contributed by atoms with E-state index >= 15 is 0 Å². The molecule has 21 heavy (non-hydrogen) atoms. The van der Waals surface area contributed by atoms with Crippen molar-refractivity contribution in [3.05, 3.63) is 33.9 Å². The molecule has 0 saturated heterocycles. The molecule has 0 bridgehead atoms. The lowest BCUT2D eigenvalue weighted by Crippen LogP contribution is -2.31. The second-order valence-electron chi connectivity index (χ2n) is 4.36. The van der Waals surface area contributed by atoms with E-state index in [1.54, 1.807) is 0 Å². The van der Waals surface area contributed by atoms with E-state index in [1.165, 1.54) is 18.2 Å². The van der Waals surface area contributed by atoms with Crippen LogP contribution in [-0.2, 0) is 4.79 Å². The van der Waals surface area contributed by atoms with Gasteiger partial charge in [0.1, 0.15) is 11.3 Å². The third-order valence-corrected chi connectivity index (χ3v) is 2.70. The van der Waals surface area contributed by atoms with Gasteiger partial charge in [0.15, 0.2) is 0 Å². The number of carbonyl (C=O) groups is 2. The zero-order valence-corrected chi connectivity index (χ0v) is 11.7. The van der Waals surface area contributed by atoms with Crippen LogP contribution in [-0.4, -0.2) is 29.8 Å². The van der Waals surface area contributed by atoms with Crippen LogP contribution in [0.3, 0.4) is 0 Å². The summed E-state index contributed by atoms with van der Waals surface area (Å²) in [6.07, 6.45) is 0.940. The number of nitro benzene ring substituents is 1. The zero-order chi connectivity index (χ0) is 15.8. The zero-order valence-electron chi connectivity index (χ0n) is 11.7. The Kier molecular flexibility index (Phi) is 6.12. The molecule has 0 saturated carbocycles. The fourth-order valence-electron chi connectivity index (χ4n) is 1.69. The molecule has 4 N–H and O–H groups in total. The number of para-hydroxylation sites is 1. The number of nitrogens with one attached hydrogen (secondary N) is 2. The van der Waals surface area contributed by atoms with Crippen LogP contribution in [0.15, 0.2) is 18.2 Å². The number of hydrogen-bond donors (Lipinski definition) is 3. The maximum absolute atomic E-state index is 11.9. The van der Waals surface area contributed by atoms with Crippen molar-refractivity contribution in [1.29, 1.82) is 0 Å².